The summed E-state index contributed by atoms with van der Waals surface area (Å²) in [5, 5.41) is 0. The van der Waals surface area contributed by atoms with Gasteiger partial charge in [-0.05, 0) is 25.8 Å². The van der Waals surface area contributed by atoms with Crippen molar-refractivity contribution in [3.63, 3.8) is 0 Å². The van der Waals surface area contributed by atoms with Gasteiger partial charge in [0.25, 0.3) is 0 Å². The Morgan fingerprint density at radius 1 is 1.25 bits per heavy atom. The first kappa shape index (κ1) is 14.7. The van der Waals surface area contributed by atoms with Gasteiger partial charge in [0, 0.05) is 31.0 Å². The van der Waals surface area contributed by atoms with Gasteiger partial charge in [0.2, 0.25) is 5.91 Å². The molecule has 1 heterocycles. The molecule has 0 radical (unpaired) electrons. The summed E-state index contributed by atoms with van der Waals surface area (Å²) in [7, 11) is 0. The highest BCUT2D eigenvalue weighted by atomic mass is 16.2. The second kappa shape index (κ2) is 6.66. The molecular weight excluding hydrogens is 252 g/mol. The molecule has 1 aliphatic rings. The van der Waals surface area contributed by atoms with Crippen LogP contribution < -0.4 is 5.73 Å². The maximum absolute atomic E-state index is 12.2. The van der Waals surface area contributed by atoms with Gasteiger partial charge in [-0.15, -0.1) is 0 Å². The number of likely N-dealkylation sites (tertiary alicyclic amines) is 1. The van der Waals surface area contributed by atoms with Crippen LogP contribution >= 0.6 is 0 Å². The van der Waals surface area contributed by atoms with E-state index in [4.69, 9.17) is 5.73 Å². The topological polar surface area (TPSA) is 63.4 Å². The summed E-state index contributed by atoms with van der Waals surface area (Å²) in [6.45, 7) is 3.40. The molecule has 0 aliphatic carbocycles. The lowest BCUT2D eigenvalue weighted by Crippen LogP contribution is -2.34. The van der Waals surface area contributed by atoms with E-state index in [1.54, 1.807) is 12.1 Å². The maximum atomic E-state index is 12.2. The average Bonchev–Trinajstić information content (AvgIpc) is 2.86. The van der Waals surface area contributed by atoms with Crippen molar-refractivity contribution in [2.24, 2.45) is 11.7 Å². The number of carbonyl (C=O) groups excluding carboxylic acids is 2. The first-order valence-electron chi connectivity index (χ1n) is 7.19. The number of Topliss-reactive ketones (excluding diaryl/α,β-unsaturated/α-hetero) is 1. The van der Waals surface area contributed by atoms with Gasteiger partial charge in [-0.25, -0.2) is 0 Å². The SMILES string of the molecule is CC1CC(CN)CN1C(=O)CCC(=O)c1ccccc1. The van der Waals surface area contributed by atoms with E-state index in [-0.39, 0.29) is 30.6 Å². The van der Waals surface area contributed by atoms with Crippen LogP contribution in [0.15, 0.2) is 30.3 Å². The molecule has 2 N–H and O–H groups in total. The molecule has 108 valence electrons. The smallest absolute Gasteiger partial charge is 0.223 e. The van der Waals surface area contributed by atoms with E-state index in [9.17, 15) is 9.59 Å². The number of nitrogens with zero attached hydrogens (tertiary/aromatic N) is 1. The summed E-state index contributed by atoms with van der Waals surface area (Å²) in [6, 6.07) is 9.36. The van der Waals surface area contributed by atoms with Gasteiger partial charge in [0.1, 0.15) is 0 Å². The van der Waals surface area contributed by atoms with Gasteiger partial charge < -0.3 is 10.6 Å². The van der Waals surface area contributed by atoms with E-state index in [2.05, 4.69) is 0 Å². The number of carbonyl (C=O) groups is 2. The van der Waals surface area contributed by atoms with Gasteiger partial charge in [-0.1, -0.05) is 30.3 Å². The molecule has 1 amide bonds. The molecule has 1 fully saturated rings. The fraction of sp³-hybridized carbons (Fsp3) is 0.500. The lowest BCUT2D eigenvalue weighted by atomic mass is 10.1. The number of hydrogen-bond donors (Lipinski definition) is 1. The third-order valence-electron chi connectivity index (χ3n) is 3.98. The number of nitrogens with two attached hydrogens (primary N) is 1. The van der Waals surface area contributed by atoms with Crippen molar-refractivity contribution in [2.45, 2.75) is 32.2 Å². The second-order valence-corrected chi connectivity index (χ2v) is 5.52. The van der Waals surface area contributed by atoms with Crippen LogP contribution in [0.2, 0.25) is 0 Å². The zero-order valence-corrected chi connectivity index (χ0v) is 11.9. The first-order valence-corrected chi connectivity index (χ1v) is 7.19. The fourth-order valence-corrected chi connectivity index (χ4v) is 2.79. The normalized spacial score (nSPS) is 22.0. The Hall–Kier alpha value is -1.68. The Labute approximate surface area is 119 Å². The molecule has 0 saturated carbocycles. The lowest BCUT2D eigenvalue weighted by Gasteiger charge is -2.21. The number of benzene rings is 1. The summed E-state index contributed by atoms with van der Waals surface area (Å²) >= 11 is 0. The molecule has 1 aromatic rings. The zero-order chi connectivity index (χ0) is 14.5. The Morgan fingerprint density at radius 2 is 1.95 bits per heavy atom. The summed E-state index contributed by atoms with van der Waals surface area (Å²) in [4.78, 5) is 26.0. The van der Waals surface area contributed by atoms with E-state index in [1.807, 2.05) is 30.0 Å². The molecule has 0 spiro atoms. The lowest BCUT2D eigenvalue weighted by molar-refractivity contribution is -0.131. The standard InChI is InChI=1S/C16H22N2O2/c1-12-9-13(10-17)11-18(12)16(20)8-7-15(19)14-5-3-2-4-6-14/h2-6,12-13H,7-11,17H2,1H3. The molecule has 20 heavy (non-hydrogen) atoms. The Balaban J connectivity index is 1.85. The molecule has 1 aliphatic heterocycles. The van der Waals surface area contributed by atoms with Crippen molar-refractivity contribution in [3.05, 3.63) is 35.9 Å². The van der Waals surface area contributed by atoms with Crippen LogP contribution in [0.25, 0.3) is 0 Å². The van der Waals surface area contributed by atoms with Crippen LogP contribution in [0.4, 0.5) is 0 Å². The summed E-state index contributed by atoms with van der Waals surface area (Å²) in [5.41, 5.74) is 6.34. The van der Waals surface area contributed by atoms with Crippen LogP contribution in [0.3, 0.4) is 0 Å². The average molecular weight is 274 g/mol. The van der Waals surface area contributed by atoms with Gasteiger partial charge in [-0.3, -0.25) is 9.59 Å². The van der Waals surface area contributed by atoms with Crippen LogP contribution in [0, 0.1) is 5.92 Å². The number of ketones is 1. The summed E-state index contributed by atoms with van der Waals surface area (Å²) < 4.78 is 0. The molecule has 4 heteroatoms. The summed E-state index contributed by atoms with van der Waals surface area (Å²) in [5.74, 6) is 0.498. The Morgan fingerprint density at radius 3 is 2.55 bits per heavy atom. The zero-order valence-electron chi connectivity index (χ0n) is 11.9. The Bertz CT molecular complexity index is 473. The predicted octanol–water partition coefficient (Wildman–Crippen LogP) is 1.85. The van der Waals surface area contributed by atoms with E-state index < -0.39 is 0 Å². The monoisotopic (exact) mass is 274 g/mol. The van der Waals surface area contributed by atoms with Crippen molar-refractivity contribution in [3.8, 4) is 0 Å². The molecule has 4 nitrogen and oxygen atoms in total. The number of rotatable bonds is 5. The van der Waals surface area contributed by atoms with Crippen LogP contribution in [0.5, 0.6) is 0 Å². The number of amides is 1. The molecule has 2 unspecified atom stereocenters. The number of hydrogen-bond acceptors (Lipinski definition) is 3. The van der Waals surface area contributed by atoms with Crippen LogP contribution in [0.1, 0.15) is 36.5 Å². The Kier molecular flexibility index (Phi) is 4.90. The molecule has 0 bridgehead atoms. The molecule has 1 aromatic carbocycles. The fourth-order valence-electron chi connectivity index (χ4n) is 2.79. The van der Waals surface area contributed by atoms with Crippen molar-refractivity contribution in [2.75, 3.05) is 13.1 Å². The van der Waals surface area contributed by atoms with Crippen molar-refractivity contribution < 1.29 is 9.59 Å². The molecular formula is C16H22N2O2. The highest BCUT2D eigenvalue weighted by Crippen LogP contribution is 2.23. The molecule has 2 rings (SSSR count). The van der Waals surface area contributed by atoms with E-state index in [0.29, 0.717) is 18.0 Å². The van der Waals surface area contributed by atoms with Gasteiger partial charge in [0.15, 0.2) is 5.78 Å². The van der Waals surface area contributed by atoms with Gasteiger partial charge >= 0.3 is 0 Å². The highest BCUT2D eigenvalue weighted by molar-refractivity contribution is 5.97. The predicted molar refractivity (Wildman–Crippen MR) is 78.3 cm³/mol. The van der Waals surface area contributed by atoms with Gasteiger partial charge in [0.05, 0.1) is 0 Å². The highest BCUT2D eigenvalue weighted by Gasteiger charge is 2.31. The quantitative estimate of drug-likeness (QED) is 0.833. The summed E-state index contributed by atoms with van der Waals surface area (Å²) in [6.07, 6.45) is 1.53. The van der Waals surface area contributed by atoms with E-state index >= 15 is 0 Å². The largest absolute Gasteiger partial charge is 0.340 e. The molecule has 1 saturated heterocycles. The molecule has 0 aromatic heterocycles. The minimum Gasteiger partial charge on any atom is -0.340 e. The minimum atomic E-state index is 0.0289. The second-order valence-electron chi connectivity index (χ2n) is 5.52. The van der Waals surface area contributed by atoms with Crippen molar-refractivity contribution in [1.29, 1.82) is 0 Å². The van der Waals surface area contributed by atoms with Crippen LogP contribution in [-0.2, 0) is 4.79 Å². The first-order chi connectivity index (χ1) is 9.61. The minimum absolute atomic E-state index is 0.0289. The van der Waals surface area contributed by atoms with Gasteiger partial charge in [-0.2, -0.15) is 0 Å². The third kappa shape index (κ3) is 3.45. The van der Waals surface area contributed by atoms with Crippen molar-refractivity contribution >= 4 is 11.7 Å². The van der Waals surface area contributed by atoms with E-state index in [1.165, 1.54) is 0 Å². The molecule has 2 atom stereocenters. The third-order valence-corrected chi connectivity index (χ3v) is 3.98. The van der Waals surface area contributed by atoms with Crippen molar-refractivity contribution in [1.82, 2.24) is 4.90 Å². The van der Waals surface area contributed by atoms with E-state index in [0.717, 1.165) is 13.0 Å². The maximum Gasteiger partial charge on any atom is 0.223 e. The van der Waals surface area contributed by atoms with Crippen LogP contribution in [-0.4, -0.2) is 35.7 Å².